The molecule has 1 aliphatic carbocycles. The number of rotatable bonds is 7. The molecule has 0 bridgehead atoms. The van der Waals surface area contributed by atoms with Gasteiger partial charge in [-0.2, -0.15) is 4.98 Å². The molecule has 1 aliphatic heterocycles. The molecule has 194 valence electrons. The molecule has 2 aliphatic rings. The Morgan fingerprint density at radius 1 is 0.892 bits per heavy atom. The fraction of sp³-hybridized carbons (Fsp3) is 0.464. The van der Waals surface area contributed by atoms with Crippen LogP contribution >= 0.6 is 24.0 Å². The van der Waals surface area contributed by atoms with Gasteiger partial charge in [0.05, 0.1) is 0 Å². The molecule has 3 heterocycles. The Morgan fingerprint density at radius 2 is 1.59 bits per heavy atom. The van der Waals surface area contributed by atoms with Crippen molar-refractivity contribution in [1.29, 1.82) is 0 Å². The second kappa shape index (κ2) is 12.6. The van der Waals surface area contributed by atoms with Crippen LogP contribution in [0.2, 0.25) is 0 Å². The van der Waals surface area contributed by atoms with Crippen molar-refractivity contribution < 1.29 is 0 Å². The highest BCUT2D eigenvalue weighted by molar-refractivity contribution is 7.99. The van der Waals surface area contributed by atoms with Crippen molar-refractivity contribution in [3.8, 4) is 0 Å². The first-order valence-corrected chi connectivity index (χ1v) is 14.6. The molecular weight excluding hydrogens is 498 g/mol. The molecule has 1 saturated carbocycles. The third-order valence-corrected chi connectivity index (χ3v) is 8.42. The Labute approximate surface area is 229 Å². The van der Waals surface area contributed by atoms with Crippen molar-refractivity contribution in [3.63, 3.8) is 0 Å². The van der Waals surface area contributed by atoms with E-state index in [2.05, 4.69) is 55.8 Å². The lowest BCUT2D eigenvalue weighted by Gasteiger charge is -2.38. The van der Waals surface area contributed by atoms with Crippen LogP contribution in [0.3, 0.4) is 0 Å². The van der Waals surface area contributed by atoms with Gasteiger partial charge in [0.15, 0.2) is 10.3 Å². The fourth-order valence-corrected chi connectivity index (χ4v) is 6.27. The molecule has 0 atom stereocenters. The van der Waals surface area contributed by atoms with Gasteiger partial charge in [-0.25, -0.2) is 15.0 Å². The maximum Gasteiger partial charge on any atom is 0.232 e. The van der Waals surface area contributed by atoms with Gasteiger partial charge in [0, 0.05) is 43.5 Å². The summed E-state index contributed by atoms with van der Waals surface area (Å²) in [4.78, 5) is 20.7. The fourth-order valence-electron chi connectivity index (χ4n) is 5.40. The maximum absolute atomic E-state index is 5.75. The van der Waals surface area contributed by atoms with E-state index in [0.717, 1.165) is 30.5 Å². The zero-order chi connectivity index (χ0) is 25.3. The Bertz CT molecular complexity index is 1150. The minimum Gasteiger partial charge on any atom is -0.361 e. The molecule has 0 unspecified atom stereocenters. The molecule has 2 N–H and O–H groups in total. The summed E-state index contributed by atoms with van der Waals surface area (Å²) in [5, 5.41) is 8.83. The van der Waals surface area contributed by atoms with Gasteiger partial charge in [-0.1, -0.05) is 62.4 Å². The van der Waals surface area contributed by atoms with Crippen LogP contribution < -0.4 is 15.5 Å². The summed E-state index contributed by atoms with van der Waals surface area (Å²) in [5.41, 5.74) is 1.50. The highest BCUT2D eigenvalue weighted by Crippen LogP contribution is 2.39. The van der Waals surface area contributed by atoms with E-state index in [4.69, 9.17) is 22.2 Å². The summed E-state index contributed by atoms with van der Waals surface area (Å²) in [5.74, 6) is 1.43. The monoisotopic (exact) mass is 533 g/mol. The average molecular weight is 534 g/mol. The number of aromatic nitrogens is 4. The number of nitrogens with one attached hydrogen (secondary N) is 2. The SMILES string of the molecule is S=C(NCC1(c2ccccc2)CCCCC1)Nc1nc(Sc2ncccn2)cc(N2CCCCCC2)n1. The number of hydrogen-bond acceptors (Lipinski definition) is 7. The smallest absolute Gasteiger partial charge is 0.232 e. The van der Waals surface area contributed by atoms with Gasteiger partial charge in [0.25, 0.3) is 0 Å². The molecule has 2 aromatic heterocycles. The minimum atomic E-state index is 0.103. The summed E-state index contributed by atoms with van der Waals surface area (Å²) < 4.78 is 0. The van der Waals surface area contributed by atoms with Crippen molar-refractivity contribution in [2.45, 2.75) is 73.4 Å². The quantitative estimate of drug-likeness (QED) is 0.216. The number of benzene rings is 1. The molecular formula is C28H35N7S2. The number of hydrogen-bond donors (Lipinski definition) is 2. The topological polar surface area (TPSA) is 78.9 Å². The molecule has 37 heavy (non-hydrogen) atoms. The molecule has 2 fully saturated rings. The van der Waals surface area contributed by atoms with E-state index in [9.17, 15) is 0 Å². The van der Waals surface area contributed by atoms with Crippen LogP contribution in [-0.2, 0) is 5.41 Å². The van der Waals surface area contributed by atoms with E-state index in [1.807, 2.05) is 12.1 Å². The standard InChI is InChI=1S/C28H35N7S2/c36-26(31-21-28(14-7-4-8-15-28)22-12-5-3-6-13-22)34-25-32-23(35-18-9-1-2-10-19-35)20-24(33-25)37-27-29-16-11-17-30-27/h3,5-6,11-13,16-17,20H,1-2,4,7-10,14-15,18-19,21H2,(H2,31,32,33,34,36). The molecule has 9 heteroatoms. The Morgan fingerprint density at radius 3 is 2.32 bits per heavy atom. The van der Waals surface area contributed by atoms with Gasteiger partial charge in [-0.3, -0.25) is 0 Å². The van der Waals surface area contributed by atoms with Gasteiger partial charge in [0.1, 0.15) is 10.8 Å². The lowest BCUT2D eigenvalue weighted by Crippen LogP contribution is -2.43. The summed E-state index contributed by atoms with van der Waals surface area (Å²) in [6, 6.07) is 14.7. The zero-order valence-electron chi connectivity index (χ0n) is 21.2. The number of thiocarbonyl (C=S) groups is 1. The van der Waals surface area contributed by atoms with Crippen molar-refractivity contribution in [2.24, 2.45) is 0 Å². The summed E-state index contributed by atoms with van der Waals surface area (Å²) in [7, 11) is 0. The molecule has 0 radical (unpaired) electrons. The van der Waals surface area contributed by atoms with E-state index in [1.165, 1.54) is 75.1 Å². The average Bonchev–Trinajstić information content (AvgIpc) is 3.23. The van der Waals surface area contributed by atoms with Gasteiger partial charge in [0.2, 0.25) is 5.95 Å². The number of anilines is 2. The minimum absolute atomic E-state index is 0.103. The first kappa shape index (κ1) is 25.9. The van der Waals surface area contributed by atoms with Gasteiger partial charge in [-0.15, -0.1) is 0 Å². The van der Waals surface area contributed by atoms with Crippen LogP contribution in [0.25, 0.3) is 0 Å². The van der Waals surface area contributed by atoms with E-state index >= 15 is 0 Å². The van der Waals surface area contributed by atoms with E-state index in [-0.39, 0.29) is 5.41 Å². The molecule has 3 aromatic rings. The van der Waals surface area contributed by atoms with Crippen molar-refractivity contribution in [2.75, 3.05) is 29.9 Å². The first-order valence-electron chi connectivity index (χ1n) is 13.4. The van der Waals surface area contributed by atoms with Crippen molar-refractivity contribution in [3.05, 3.63) is 60.4 Å². The van der Waals surface area contributed by atoms with E-state index < -0.39 is 0 Å². The van der Waals surface area contributed by atoms with Gasteiger partial charge >= 0.3 is 0 Å². The molecule has 0 spiro atoms. The third-order valence-electron chi connectivity index (χ3n) is 7.37. The molecule has 1 aromatic carbocycles. The van der Waals surface area contributed by atoms with Gasteiger partial charge in [-0.05, 0) is 61.3 Å². The van der Waals surface area contributed by atoms with Crippen LogP contribution in [-0.4, -0.2) is 44.7 Å². The third kappa shape index (κ3) is 6.96. The van der Waals surface area contributed by atoms with Gasteiger partial charge < -0.3 is 15.5 Å². The lowest BCUT2D eigenvalue weighted by molar-refractivity contribution is 0.292. The maximum atomic E-state index is 5.75. The Hall–Kier alpha value is -2.78. The molecule has 5 rings (SSSR count). The molecule has 7 nitrogen and oxygen atoms in total. The molecule has 0 amide bonds. The van der Waals surface area contributed by atoms with E-state index in [1.54, 1.807) is 12.4 Å². The van der Waals surface area contributed by atoms with Crippen molar-refractivity contribution in [1.82, 2.24) is 25.3 Å². The Balaban J connectivity index is 1.32. The second-order valence-electron chi connectivity index (χ2n) is 9.94. The van der Waals surface area contributed by atoms with Crippen molar-refractivity contribution >= 4 is 40.9 Å². The normalized spacial score (nSPS) is 17.6. The Kier molecular flexibility index (Phi) is 8.84. The second-order valence-corrected chi connectivity index (χ2v) is 11.3. The lowest BCUT2D eigenvalue weighted by atomic mass is 9.69. The highest BCUT2D eigenvalue weighted by atomic mass is 32.2. The highest BCUT2D eigenvalue weighted by Gasteiger charge is 2.33. The van der Waals surface area contributed by atoms with Crippen LogP contribution in [0, 0.1) is 0 Å². The van der Waals surface area contributed by atoms with Crippen LogP contribution in [0.1, 0.15) is 63.4 Å². The summed E-state index contributed by atoms with van der Waals surface area (Å²) in [6.45, 7) is 2.81. The molecule has 1 saturated heterocycles. The largest absolute Gasteiger partial charge is 0.361 e. The predicted molar refractivity (Wildman–Crippen MR) is 154 cm³/mol. The first-order chi connectivity index (χ1) is 18.2. The summed E-state index contributed by atoms with van der Waals surface area (Å²) >= 11 is 7.19. The van der Waals surface area contributed by atoms with E-state index in [0.29, 0.717) is 16.2 Å². The summed E-state index contributed by atoms with van der Waals surface area (Å²) in [6.07, 6.45) is 14.5. The van der Waals surface area contributed by atoms with Crippen LogP contribution in [0.5, 0.6) is 0 Å². The van der Waals surface area contributed by atoms with Crippen LogP contribution in [0.15, 0.2) is 65.0 Å². The predicted octanol–water partition coefficient (Wildman–Crippen LogP) is 5.99. The zero-order valence-corrected chi connectivity index (χ0v) is 22.9. The number of nitrogens with zero attached hydrogens (tertiary/aromatic N) is 5. The van der Waals surface area contributed by atoms with Crippen LogP contribution in [0.4, 0.5) is 11.8 Å².